The first-order chi connectivity index (χ1) is 8.36. The van der Waals surface area contributed by atoms with E-state index in [1.807, 2.05) is 6.92 Å². The number of aliphatic hydroxyl groups excluding tert-OH is 2. The van der Waals surface area contributed by atoms with E-state index in [9.17, 15) is 18.6 Å². The molecular formula is C10H17N3O4S. The number of hydrogen-bond donors (Lipinski definition) is 2. The highest BCUT2D eigenvalue weighted by atomic mass is 32.2. The third-order valence-corrected chi connectivity index (χ3v) is 4.83. The number of nitrogens with zero attached hydrogens (tertiary/aromatic N) is 3. The molecular weight excluding hydrogens is 258 g/mol. The van der Waals surface area contributed by atoms with Crippen molar-refractivity contribution in [1.82, 2.24) is 13.9 Å². The molecule has 1 fully saturated rings. The maximum Gasteiger partial charge on any atom is 0.262 e. The monoisotopic (exact) mass is 275 g/mol. The number of imidazole rings is 1. The molecule has 2 unspecified atom stereocenters. The van der Waals surface area contributed by atoms with Gasteiger partial charge in [-0.1, -0.05) is 0 Å². The Hall–Kier alpha value is -0.960. The van der Waals surface area contributed by atoms with Crippen LogP contribution in [0.1, 0.15) is 12.7 Å². The summed E-state index contributed by atoms with van der Waals surface area (Å²) in [4.78, 5) is 4.02. The highest BCUT2D eigenvalue weighted by molar-refractivity contribution is 7.89. The molecule has 8 heteroatoms. The Morgan fingerprint density at radius 3 is 2.39 bits per heavy atom. The maximum atomic E-state index is 12.2. The molecule has 0 spiro atoms. The molecule has 18 heavy (non-hydrogen) atoms. The fraction of sp³-hybridized carbons (Fsp3) is 0.700. The third-order valence-electron chi connectivity index (χ3n) is 3.12. The molecule has 2 atom stereocenters. The second kappa shape index (κ2) is 4.61. The van der Waals surface area contributed by atoms with Crippen LogP contribution in [0.2, 0.25) is 0 Å². The van der Waals surface area contributed by atoms with Crippen molar-refractivity contribution in [2.45, 2.75) is 37.6 Å². The van der Waals surface area contributed by atoms with Crippen LogP contribution >= 0.6 is 0 Å². The van der Waals surface area contributed by atoms with Gasteiger partial charge in [0.25, 0.3) is 10.0 Å². The molecule has 0 bridgehead atoms. The largest absolute Gasteiger partial charge is 0.389 e. The predicted octanol–water partition coefficient (Wildman–Crippen LogP) is -1.06. The van der Waals surface area contributed by atoms with Crippen molar-refractivity contribution in [3.63, 3.8) is 0 Å². The van der Waals surface area contributed by atoms with Crippen molar-refractivity contribution in [3.8, 4) is 0 Å². The van der Waals surface area contributed by atoms with Gasteiger partial charge in [-0.25, -0.2) is 13.4 Å². The Morgan fingerprint density at radius 1 is 1.39 bits per heavy atom. The molecule has 0 aliphatic carbocycles. The van der Waals surface area contributed by atoms with Gasteiger partial charge in [-0.2, -0.15) is 4.31 Å². The van der Waals surface area contributed by atoms with Crippen LogP contribution in [0.25, 0.3) is 0 Å². The molecule has 1 aromatic heterocycles. The second-order valence-corrected chi connectivity index (χ2v) is 6.25. The summed E-state index contributed by atoms with van der Waals surface area (Å²) < 4.78 is 27.3. The van der Waals surface area contributed by atoms with Gasteiger partial charge in [0.05, 0.1) is 12.2 Å². The van der Waals surface area contributed by atoms with E-state index in [1.54, 1.807) is 11.5 Å². The van der Waals surface area contributed by atoms with Gasteiger partial charge < -0.3 is 14.8 Å². The van der Waals surface area contributed by atoms with Crippen molar-refractivity contribution in [2.24, 2.45) is 0 Å². The van der Waals surface area contributed by atoms with E-state index in [4.69, 9.17) is 0 Å². The van der Waals surface area contributed by atoms with Gasteiger partial charge in [0.1, 0.15) is 5.82 Å². The van der Waals surface area contributed by atoms with Gasteiger partial charge in [0.15, 0.2) is 5.03 Å². The van der Waals surface area contributed by atoms with Crippen LogP contribution in [0.15, 0.2) is 11.2 Å². The third kappa shape index (κ3) is 2.16. The molecule has 1 saturated heterocycles. The maximum absolute atomic E-state index is 12.2. The summed E-state index contributed by atoms with van der Waals surface area (Å²) in [6.07, 6.45) is -0.592. The summed E-state index contributed by atoms with van der Waals surface area (Å²) in [5, 5.41) is 18.8. The SMILES string of the molecule is CCn1cc(S(=O)(=O)N2CC(O)C(O)C2)nc1C. The predicted molar refractivity (Wildman–Crippen MR) is 63.4 cm³/mol. The molecule has 2 rings (SSSR count). The fourth-order valence-corrected chi connectivity index (χ4v) is 3.46. The van der Waals surface area contributed by atoms with Crippen molar-refractivity contribution in [1.29, 1.82) is 0 Å². The van der Waals surface area contributed by atoms with Crippen LogP contribution in [0, 0.1) is 6.92 Å². The van der Waals surface area contributed by atoms with Crippen LogP contribution in [0.4, 0.5) is 0 Å². The first-order valence-corrected chi connectivity index (χ1v) is 7.20. The first-order valence-electron chi connectivity index (χ1n) is 5.76. The van der Waals surface area contributed by atoms with Gasteiger partial charge in [-0.3, -0.25) is 0 Å². The average Bonchev–Trinajstić information content (AvgIpc) is 2.84. The molecule has 1 aliphatic rings. The normalized spacial score (nSPS) is 25.8. The number of sulfonamides is 1. The van der Waals surface area contributed by atoms with Crippen LogP contribution in [0.3, 0.4) is 0 Å². The van der Waals surface area contributed by atoms with Gasteiger partial charge in [-0.05, 0) is 13.8 Å². The molecule has 0 aromatic carbocycles. The number of hydrogen-bond acceptors (Lipinski definition) is 5. The Labute approximate surface area is 106 Å². The smallest absolute Gasteiger partial charge is 0.262 e. The summed E-state index contributed by atoms with van der Waals surface area (Å²) in [6.45, 7) is 4.08. The van der Waals surface area contributed by atoms with E-state index in [-0.39, 0.29) is 18.1 Å². The standard InChI is InChI=1S/C10H17N3O4S/c1-3-12-6-10(11-7(12)2)18(16,17)13-4-8(14)9(15)5-13/h6,8-9,14-15H,3-5H2,1-2H3. The van der Waals surface area contributed by atoms with Crippen molar-refractivity contribution >= 4 is 10.0 Å². The Morgan fingerprint density at radius 2 is 1.94 bits per heavy atom. The Balaban J connectivity index is 2.31. The number of aromatic nitrogens is 2. The molecule has 0 amide bonds. The molecule has 1 aromatic rings. The lowest BCUT2D eigenvalue weighted by atomic mass is 10.3. The summed E-state index contributed by atoms with van der Waals surface area (Å²) in [5.41, 5.74) is 0. The van der Waals surface area contributed by atoms with Crippen LogP contribution in [-0.2, 0) is 16.6 Å². The second-order valence-electron chi connectivity index (χ2n) is 4.37. The minimum atomic E-state index is -3.73. The quantitative estimate of drug-likeness (QED) is 0.733. The van der Waals surface area contributed by atoms with Crippen molar-refractivity contribution in [3.05, 3.63) is 12.0 Å². The summed E-state index contributed by atoms with van der Waals surface area (Å²) in [5.74, 6) is 0.622. The molecule has 0 radical (unpaired) electrons. The highest BCUT2D eigenvalue weighted by Crippen LogP contribution is 2.20. The van der Waals surface area contributed by atoms with E-state index >= 15 is 0 Å². The Bertz CT molecular complexity index is 529. The first kappa shape index (κ1) is 13.5. The zero-order valence-corrected chi connectivity index (χ0v) is 11.1. The molecule has 2 heterocycles. The topological polar surface area (TPSA) is 95.7 Å². The number of rotatable bonds is 3. The van der Waals surface area contributed by atoms with Gasteiger partial charge >= 0.3 is 0 Å². The lowest BCUT2D eigenvalue weighted by Gasteiger charge is -2.13. The van der Waals surface area contributed by atoms with Crippen LogP contribution < -0.4 is 0 Å². The van der Waals surface area contributed by atoms with E-state index in [0.29, 0.717) is 12.4 Å². The zero-order valence-electron chi connectivity index (χ0n) is 10.3. The van der Waals surface area contributed by atoms with Gasteiger partial charge in [-0.15, -0.1) is 0 Å². The van der Waals surface area contributed by atoms with E-state index in [1.165, 1.54) is 6.20 Å². The summed E-state index contributed by atoms with van der Waals surface area (Å²) in [6, 6.07) is 0. The lowest BCUT2D eigenvalue weighted by Crippen LogP contribution is -2.30. The fourth-order valence-electron chi connectivity index (χ4n) is 1.99. The lowest BCUT2D eigenvalue weighted by molar-refractivity contribution is 0.0572. The number of β-amino-alcohol motifs (C(OH)–C–C–N with tert-alkyl or cyclic N) is 2. The summed E-state index contributed by atoms with van der Waals surface area (Å²) >= 11 is 0. The highest BCUT2D eigenvalue weighted by Gasteiger charge is 2.38. The zero-order chi connectivity index (χ0) is 13.5. The Kier molecular flexibility index (Phi) is 3.45. The van der Waals surface area contributed by atoms with Crippen LogP contribution in [0.5, 0.6) is 0 Å². The summed E-state index contributed by atoms with van der Waals surface area (Å²) in [7, 11) is -3.73. The molecule has 2 N–H and O–H groups in total. The van der Waals surface area contributed by atoms with Gasteiger partial charge in [0.2, 0.25) is 0 Å². The minimum Gasteiger partial charge on any atom is -0.389 e. The van der Waals surface area contributed by atoms with E-state index < -0.39 is 22.2 Å². The average molecular weight is 275 g/mol. The van der Waals surface area contributed by atoms with Crippen molar-refractivity contribution < 1.29 is 18.6 Å². The molecule has 1 aliphatic heterocycles. The number of aliphatic hydroxyl groups is 2. The minimum absolute atomic E-state index is 0.0387. The van der Waals surface area contributed by atoms with Gasteiger partial charge in [0, 0.05) is 25.8 Å². The van der Waals surface area contributed by atoms with Crippen LogP contribution in [-0.4, -0.2) is 57.8 Å². The van der Waals surface area contributed by atoms with Crippen molar-refractivity contribution in [2.75, 3.05) is 13.1 Å². The van der Waals surface area contributed by atoms with E-state index in [2.05, 4.69) is 4.98 Å². The number of aryl methyl sites for hydroxylation is 2. The molecule has 7 nitrogen and oxygen atoms in total. The molecule has 0 saturated carbocycles. The molecule has 102 valence electrons. The van der Waals surface area contributed by atoms with E-state index in [0.717, 1.165) is 4.31 Å².